The number of carbonyl (C=O) groups is 2. The molecule has 0 saturated carbocycles. The Kier molecular flexibility index (Phi) is 7.71. The second kappa shape index (κ2) is 9.05. The van der Waals surface area contributed by atoms with E-state index in [-0.39, 0.29) is 18.4 Å². The number of hydrogen-bond acceptors (Lipinski definition) is 5. The normalized spacial score (nSPS) is 18.8. The number of epoxide rings is 1. The fourth-order valence-corrected chi connectivity index (χ4v) is 2.87. The minimum absolute atomic E-state index is 0.0140. The molecule has 1 unspecified atom stereocenters. The van der Waals surface area contributed by atoms with Gasteiger partial charge in [-0.15, -0.1) is 18.4 Å². The number of methoxy groups -OCH3 is 2. The van der Waals surface area contributed by atoms with E-state index in [0.29, 0.717) is 17.5 Å². The van der Waals surface area contributed by atoms with E-state index in [2.05, 4.69) is 40.9 Å². The van der Waals surface area contributed by atoms with Gasteiger partial charge < -0.3 is 14.2 Å². The van der Waals surface area contributed by atoms with Crippen molar-refractivity contribution in [2.75, 3.05) is 20.8 Å². The molecule has 1 fully saturated rings. The van der Waals surface area contributed by atoms with Crippen molar-refractivity contribution in [3.05, 3.63) is 23.7 Å². The lowest BCUT2D eigenvalue weighted by molar-refractivity contribution is -0.168. The highest BCUT2D eigenvalue weighted by atomic mass is 79.9. The predicted molar refractivity (Wildman–Crippen MR) is 94.3 cm³/mol. The van der Waals surface area contributed by atoms with Crippen LogP contribution in [-0.4, -0.2) is 38.4 Å². The number of ether oxygens (including phenoxy) is 3. The van der Waals surface area contributed by atoms with Crippen LogP contribution in [0.2, 0.25) is 0 Å². The number of hydrogen-bond donors (Lipinski definition) is 0. The van der Waals surface area contributed by atoms with Gasteiger partial charge in [-0.1, -0.05) is 28.6 Å². The third-order valence-corrected chi connectivity index (χ3v) is 4.23. The van der Waals surface area contributed by atoms with Crippen molar-refractivity contribution < 1.29 is 23.8 Å². The van der Waals surface area contributed by atoms with Crippen LogP contribution in [0.15, 0.2) is 23.7 Å². The van der Waals surface area contributed by atoms with Crippen molar-refractivity contribution in [3.8, 4) is 11.8 Å². The van der Waals surface area contributed by atoms with Crippen LogP contribution in [0.3, 0.4) is 0 Å². The number of esters is 2. The molecule has 132 valence electrons. The number of rotatable bonds is 9. The average Bonchev–Trinajstić information content (AvgIpc) is 3.35. The molecule has 0 spiro atoms. The quantitative estimate of drug-likeness (QED) is 0.149. The zero-order chi connectivity index (χ0) is 18.2. The maximum absolute atomic E-state index is 12.2. The maximum atomic E-state index is 12.2. The van der Waals surface area contributed by atoms with Crippen molar-refractivity contribution >= 4 is 27.9 Å². The van der Waals surface area contributed by atoms with Crippen LogP contribution in [0.1, 0.15) is 32.1 Å². The maximum Gasteiger partial charge on any atom is 0.324 e. The Morgan fingerprint density at radius 3 is 2.33 bits per heavy atom. The van der Waals surface area contributed by atoms with Gasteiger partial charge >= 0.3 is 11.9 Å². The van der Waals surface area contributed by atoms with E-state index in [0.717, 1.165) is 12.8 Å². The highest BCUT2D eigenvalue weighted by Crippen LogP contribution is 2.35. The number of unbranched alkanes of at least 4 members (excludes halogenated alkanes) is 1. The van der Waals surface area contributed by atoms with Gasteiger partial charge in [0.2, 0.25) is 0 Å². The van der Waals surface area contributed by atoms with Crippen molar-refractivity contribution in [1.29, 1.82) is 0 Å². The zero-order valence-corrected chi connectivity index (χ0v) is 15.7. The van der Waals surface area contributed by atoms with E-state index in [4.69, 9.17) is 14.2 Å². The predicted octanol–water partition coefficient (Wildman–Crippen LogP) is 3.14. The lowest BCUT2D eigenvalue weighted by Gasteiger charge is -2.25. The van der Waals surface area contributed by atoms with E-state index in [1.807, 2.05) is 6.08 Å². The molecule has 24 heavy (non-hydrogen) atoms. The van der Waals surface area contributed by atoms with Crippen molar-refractivity contribution in [2.24, 2.45) is 5.41 Å². The molecule has 0 N–H and O–H groups in total. The fourth-order valence-electron chi connectivity index (χ4n) is 2.39. The molecule has 1 saturated heterocycles. The molecule has 0 aromatic heterocycles. The lowest BCUT2D eigenvalue weighted by atomic mass is 9.81. The largest absolute Gasteiger partial charge is 0.468 e. The summed E-state index contributed by atoms with van der Waals surface area (Å²) in [6.07, 6.45) is 4.26. The third kappa shape index (κ3) is 5.22. The van der Waals surface area contributed by atoms with Crippen LogP contribution in [-0.2, 0) is 23.8 Å². The molecule has 5 nitrogen and oxygen atoms in total. The molecule has 1 aliphatic heterocycles. The van der Waals surface area contributed by atoms with Crippen molar-refractivity contribution in [1.82, 2.24) is 0 Å². The molecule has 1 atom stereocenters. The standard InChI is InChI=1S/C18H23BrO5/c1-5-17(13-24-17)10-8-6-7-9-11-18(12-14(2)19,15(20)22-3)16(21)23-4/h5H,1-2,6,8,10-13H2,3-4H3. The van der Waals surface area contributed by atoms with E-state index in [1.165, 1.54) is 14.2 Å². The summed E-state index contributed by atoms with van der Waals surface area (Å²) in [5.74, 6) is 4.54. The highest BCUT2D eigenvalue weighted by Gasteiger charge is 2.48. The molecule has 0 aromatic rings. The van der Waals surface area contributed by atoms with Gasteiger partial charge in [-0.2, -0.15) is 0 Å². The topological polar surface area (TPSA) is 65.1 Å². The minimum atomic E-state index is -1.50. The SMILES string of the molecule is C=CC1(CCCC#CCC(CC(=C)Br)(C(=O)OC)C(=O)OC)CO1. The van der Waals surface area contributed by atoms with Gasteiger partial charge in [-0.05, 0) is 17.3 Å². The van der Waals surface area contributed by atoms with E-state index < -0.39 is 17.4 Å². The van der Waals surface area contributed by atoms with Crippen LogP contribution in [0.4, 0.5) is 0 Å². The van der Waals surface area contributed by atoms with Crippen molar-refractivity contribution in [2.45, 2.75) is 37.7 Å². The number of halogens is 1. The van der Waals surface area contributed by atoms with Gasteiger partial charge in [0, 0.05) is 19.3 Å². The van der Waals surface area contributed by atoms with Crippen LogP contribution < -0.4 is 0 Å². The van der Waals surface area contributed by atoms with Gasteiger partial charge in [0.15, 0.2) is 5.41 Å². The third-order valence-electron chi connectivity index (χ3n) is 3.95. The zero-order valence-electron chi connectivity index (χ0n) is 14.2. The Hall–Kier alpha value is -1.58. The Labute approximate surface area is 151 Å². The number of allylic oxidation sites excluding steroid dienone is 1. The molecule has 6 heteroatoms. The monoisotopic (exact) mass is 398 g/mol. The number of carbonyl (C=O) groups excluding carboxylic acids is 2. The summed E-state index contributed by atoms with van der Waals surface area (Å²) in [5, 5.41) is 0. The van der Waals surface area contributed by atoms with E-state index in [1.54, 1.807) is 0 Å². The second-order valence-corrected chi connectivity index (χ2v) is 6.82. The first-order valence-corrected chi connectivity index (χ1v) is 8.38. The van der Waals surface area contributed by atoms with Crippen LogP contribution >= 0.6 is 15.9 Å². The van der Waals surface area contributed by atoms with Gasteiger partial charge in [0.05, 0.1) is 20.8 Å². The summed E-state index contributed by atoms with van der Waals surface area (Å²) in [6.45, 7) is 8.17. The molecule has 0 aromatic carbocycles. The first-order valence-electron chi connectivity index (χ1n) is 7.59. The Morgan fingerprint density at radius 1 is 1.33 bits per heavy atom. The smallest absolute Gasteiger partial charge is 0.324 e. The molecular weight excluding hydrogens is 376 g/mol. The first-order chi connectivity index (χ1) is 11.4. The molecule has 0 bridgehead atoms. The summed E-state index contributed by atoms with van der Waals surface area (Å²) in [7, 11) is 2.46. The Balaban J connectivity index is 2.72. The summed E-state index contributed by atoms with van der Waals surface area (Å²) >= 11 is 3.19. The van der Waals surface area contributed by atoms with Crippen LogP contribution in [0, 0.1) is 17.3 Å². The average molecular weight is 399 g/mol. The van der Waals surface area contributed by atoms with Gasteiger partial charge in [0.1, 0.15) is 5.60 Å². The van der Waals surface area contributed by atoms with Crippen molar-refractivity contribution in [3.63, 3.8) is 0 Å². The van der Waals surface area contributed by atoms with Gasteiger partial charge in [-0.3, -0.25) is 9.59 Å². The molecule has 1 rings (SSSR count). The van der Waals surface area contributed by atoms with E-state index in [9.17, 15) is 9.59 Å². The summed E-state index contributed by atoms with van der Waals surface area (Å²) in [6, 6.07) is 0. The molecule has 0 amide bonds. The first kappa shape index (κ1) is 20.5. The molecule has 1 aliphatic rings. The van der Waals surface area contributed by atoms with Crippen LogP contribution in [0.25, 0.3) is 0 Å². The lowest BCUT2D eigenvalue weighted by Crippen LogP contribution is -2.41. The summed E-state index contributed by atoms with van der Waals surface area (Å²) in [5.41, 5.74) is -1.67. The second-order valence-electron chi connectivity index (χ2n) is 5.70. The fraction of sp³-hybridized carbons (Fsp3) is 0.556. The van der Waals surface area contributed by atoms with E-state index >= 15 is 0 Å². The Bertz CT molecular complexity index is 550. The Morgan fingerprint density at radius 2 is 1.92 bits per heavy atom. The molecule has 1 heterocycles. The molecular formula is C18H23BrO5. The minimum Gasteiger partial charge on any atom is -0.468 e. The van der Waals surface area contributed by atoms with Crippen LogP contribution in [0.5, 0.6) is 0 Å². The molecule has 0 radical (unpaired) electrons. The van der Waals surface area contributed by atoms with Gasteiger partial charge in [0.25, 0.3) is 0 Å². The van der Waals surface area contributed by atoms with Gasteiger partial charge in [-0.25, -0.2) is 0 Å². The summed E-state index contributed by atoms with van der Waals surface area (Å²) < 4.78 is 15.4. The highest BCUT2D eigenvalue weighted by molar-refractivity contribution is 9.11. The molecule has 0 aliphatic carbocycles. The summed E-state index contributed by atoms with van der Waals surface area (Å²) in [4.78, 5) is 24.4.